The Morgan fingerprint density at radius 3 is 2.55 bits per heavy atom. The van der Waals surface area contributed by atoms with Crippen LogP contribution in [0, 0.1) is 5.82 Å². The van der Waals surface area contributed by atoms with Gasteiger partial charge in [0.2, 0.25) is 0 Å². The van der Waals surface area contributed by atoms with Gasteiger partial charge in [0.1, 0.15) is 5.82 Å². The van der Waals surface area contributed by atoms with Gasteiger partial charge in [-0.05, 0) is 35.7 Å². The number of halogens is 3. The molecule has 0 aromatic heterocycles. The molecule has 0 bridgehead atoms. The number of nitrogens with one attached hydrogen (secondary N) is 1. The maximum atomic E-state index is 13.2. The number of benzene rings is 2. The van der Waals surface area contributed by atoms with E-state index in [0.717, 1.165) is 12.0 Å². The molecular formula is C16H18BrFIN3. The third-order valence-electron chi connectivity index (χ3n) is 2.92. The molecule has 118 valence electrons. The van der Waals surface area contributed by atoms with Gasteiger partial charge < -0.3 is 11.1 Å². The van der Waals surface area contributed by atoms with Crippen LogP contribution in [0.2, 0.25) is 0 Å². The van der Waals surface area contributed by atoms with Crippen LogP contribution in [-0.2, 0) is 13.0 Å². The first-order chi connectivity index (χ1) is 10.1. The Morgan fingerprint density at radius 2 is 1.86 bits per heavy atom. The number of rotatable bonds is 5. The molecule has 0 spiro atoms. The second-order valence-corrected chi connectivity index (χ2v) is 5.56. The van der Waals surface area contributed by atoms with Gasteiger partial charge in [-0.15, -0.1) is 24.0 Å². The Bertz CT molecular complexity index is 600. The van der Waals surface area contributed by atoms with E-state index in [0.29, 0.717) is 23.5 Å². The van der Waals surface area contributed by atoms with E-state index >= 15 is 0 Å². The maximum absolute atomic E-state index is 13.2. The fourth-order valence-corrected chi connectivity index (χ4v) is 2.43. The molecule has 22 heavy (non-hydrogen) atoms. The molecule has 0 atom stereocenters. The van der Waals surface area contributed by atoms with Crippen LogP contribution >= 0.6 is 39.9 Å². The zero-order valence-electron chi connectivity index (χ0n) is 11.9. The van der Waals surface area contributed by atoms with E-state index in [1.807, 2.05) is 24.3 Å². The molecule has 0 radical (unpaired) electrons. The summed E-state index contributed by atoms with van der Waals surface area (Å²) in [5, 5.41) is 3.05. The van der Waals surface area contributed by atoms with E-state index in [4.69, 9.17) is 5.73 Å². The molecule has 3 N–H and O–H groups in total. The van der Waals surface area contributed by atoms with Crippen molar-refractivity contribution in [2.45, 2.75) is 13.0 Å². The monoisotopic (exact) mass is 477 g/mol. The quantitative estimate of drug-likeness (QED) is 0.390. The number of hydrogen-bond donors (Lipinski definition) is 2. The summed E-state index contributed by atoms with van der Waals surface area (Å²) < 4.78 is 13.9. The molecule has 0 unspecified atom stereocenters. The fourth-order valence-electron chi connectivity index (χ4n) is 1.91. The van der Waals surface area contributed by atoms with Crippen LogP contribution in [0.1, 0.15) is 11.1 Å². The van der Waals surface area contributed by atoms with Crippen LogP contribution in [0.5, 0.6) is 0 Å². The van der Waals surface area contributed by atoms with Gasteiger partial charge >= 0.3 is 0 Å². The zero-order chi connectivity index (χ0) is 15.1. The summed E-state index contributed by atoms with van der Waals surface area (Å²) in [6.07, 6.45) is 0.878. The van der Waals surface area contributed by atoms with Crippen molar-refractivity contribution in [1.29, 1.82) is 0 Å². The first-order valence-electron chi connectivity index (χ1n) is 6.66. The number of aliphatic imine (C=N–C) groups is 1. The zero-order valence-corrected chi connectivity index (χ0v) is 15.8. The Hall–Kier alpha value is -1.15. The molecule has 0 saturated carbocycles. The molecule has 6 heteroatoms. The van der Waals surface area contributed by atoms with Crippen LogP contribution < -0.4 is 11.1 Å². The van der Waals surface area contributed by atoms with Gasteiger partial charge in [-0.1, -0.05) is 46.3 Å². The Morgan fingerprint density at radius 1 is 1.14 bits per heavy atom. The molecule has 0 aliphatic carbocycles. The molecule has 0 amide bonds. The van der Waals surface area contributed by atoms with E-state index in [2.05, 4.69) is 38.4 Å². The lowest BCUT2D eigenvalue weighted by Gasteiger charge is -2.06. The third-order valence-corrected chi connectivity index (χ3v) is 3.37. The summed E-state index contributed by atoms with van der Waals surface area (Å²) in [6.45, 7) is 1.06. The molecular weight excluding hydrogens is 460 g/mol. The largest absolute Gasteiger partial charge is 0.370 e. The van der Waals surface area contributed by atoms with Crippen LogP contribution in [-0.4, -0.2) is 12.5 Å². The normalized spacial score (nSPS) is 10.9. The average molecular weight is 478 g/mol. The highest BCUT2D eigenvalue weighted by atomic mass is 127. The van der Waals surface area contributed by atoms with Crippen molar-refractivity contribution >= 4 is 45.9 Å². The van der Waals surface area contributed by atoms with Gasteiger partial charge in [-0.25, -0.2) is 9.38 Å². The lowest BCUT2D eigenvalue weighted by Crippen LogP contribution is -2.33. The summed E-state index contributed by atoms with van der Waals surface area (Å²) in [6, 6.07) is 14.8. The fraction of sp³-hybridized carbons (Fsp3) is 0.188. The van der Waals surface area contributed by atoms with E-state index in [1.165, 1.54) is 17.7 Å². The topological polar surface area (TPSA) is 50.4 Å². The highest BCUT2D eigenvalue weighted by Gasteiger charge is 1.99. The van der Waals surface area contributed by atoms with Gasteiger partial charge in [-0.3, -0.25) is 0 Å². The maximum Gasteiger partial charge on any atom is 0.188 e. The van der Waals surface area contributed by atoms with Gasteiger partial charge in [0, 0.05) is 11.0 Å². The van der Waals surface area contributed by atoms with Crippen molar-refractivity contribution in [2.24, 2.45) is 10.7 Å². The van der Waals surface area contributed by atoms with E-state index in [9.17, 15) is 4.39 Å². The highest BCUT2D eigenvalue weighted by molar-refractivity contribution is 14.0. The first kappa shape index (κ1) is 18.9. The van der Waals surface area contributed by atoms with Gasteiger partial charge in [0.05, 0.1) is 6.54 Å². The van der Waals surface area contributed by atoms with Crippen LogP contribution in [0.4, 0.5) is 4.39 Å². The molecule has 0 saturated heterocycles. The van der Waals surface area contributed by atoms with E-state index < -0.39 is 0 Å². The minimum Gasteiger partial charge on any atom is -0.370 e. The lowest BCUT2D eigenvalue weighted by atomic mass is 10.1. The lowest BCUT2D eigenvalue weighted by molar-refractivity contribution is 0.624. The molecule has 2 rings (SSSR count). The summed E-state index contributed by atoms with van der Waals surface area (Å²) in [5.74, 6) is 0.0801. The standard InChI is InChI=1S/C16H17BrFN3.HI/c17-14-8-13(9-15(18)10-14)11-21-16(19)20-7-6-12-4-2-1-3-5-12;/h1-5,8-10H,6-7,11H2,(H3,19,20,21);1H. The second-order valence-electron chi connectivity index (χ2n) is 4.64. The number of nitrogens with zero attached hydrogens (tertiary/aromatic N) is 1. The van der Waals surface area contributed by atoms with Crippen LogP contribution in [0.15, 0.2) is 58.0 Å². The number of hydrogen-bond acceptors (Lipinski definition) is 1. The predicted octanol–water partition coefficient (Wildman–Crippen LogP) is 3.85. The molecule has 2 aromatic carbocycles. The van der Waals surface area contributed by atoms with Gasteiger partial charge in [0.15, 0.2) is 5.96 Å². The SMILES string of the molecule is I.NC(=NCc1cc(F)cc(Br)c1)NCCc1ccccc1. The number of guanidine groups is 1. The highest BCUT2D eigenvalue weighted by Crippen LogP contribution is 2.15. The van der Waals surface area contributed by atoms with Crippen molar-refractivity contribution in [3.8, 4) is 0 Å². The Kier molecular flexibility index (Phi) is 8.40. The number of nitrogens with two attached hydrogens (primary N) is 1. The van der Waals surface area contributed by atoms with Gasteiger partial charge in [-0.2, -0.15) is 0 Å². The predicted molar refractivity (Wildman–Crippen MR) is 103 cm³/mol. The molecule has 0 aliphatic rings. The summed E-state index contributed by atoms with van der Waals surface area (Å²) in [4.78, 5) is 4.20. The Labute approximate surface area is 155 Å². The Balaban J connectivity index is 0.00000242. The minimum atomic E-state index is -0.287. The van der Waals surface area contributed by atoms with E-state index in [-0.39, 0.29) is 29.8 Å². The third kappa shape index (κ3) is 6.74. The van der Waals surface area contributed by atoms with Crippen molar-refractivity contribution < 1.29 is 4.39 Å². The van der Waals surface area contributed by atoms with E-state index in [1.54, 1.807) is 0 Å². The van der Waals surface area contributed by atoms with Crippen molar-refractivity contribution in [2.75, 3.05) is 6.54 Å². The van der Waals surface area contributed by atoms with Crippen molar-refractivity contribution in [1.82, 2.24) is 5.32 Å². The molecule has 0 aliphatic heterocycles. The molecule has 2 aromatic rings. The molecule has 0 heterocycles. The average Bonchev–Trinajstić information content (AvgIpc) is 2.45. The molecule has 0 fully saturated rings. The summed E-state index contributed by atoms with van der Waals surface area (Å²) in [5.41, 5.74) is 7.81. The minimum absolute atomic E-state index is 0. The summed E-state index contributed by atoms with van der Waals surface area (Å²) >= 11 is 3.25. The van der Waals surface area contributed by atoms with Crippen molar-refractivity contribution in [3.63, 3.8) is 0 Å². The van der Waals surface area contributed by atoms with Crippen LogP contribution in [0.25, 0.3) is 0 Å². The molecule has 3 nitrogen and oxygen atoms in total. The second kappa shape index (κ2) is 9.78. The van der Waals surface area contributed by atoms with Crippen molar-refractivity contribution in [3.05, 3.63) is 69.9 Å². The van der Waals surface area contributed by atoms with Gasteiger partial charge in [0.25, 0.3) is 0 Å². The summed E-state index contributed by atoms with van der Waals surface area (Å²) in [7, 11) is 0. The van der Waals surface area contributed by atoms with Crippen LogP contribution in [0.3, 0.4) is 0 Å². The smallest absolute Gasteiger partial charge is 0.188 e. The first-order valence-corrected chi connectivity index (χ1v) is 7.45.